The van der Waals surface area contributed by atoms with Gasteiger partial charge in [0, 0.05) is 13.2 Å². The van der Waals surface area contributed by atoms with Gasteiger partial charge >= 0.3 is 0 Å². The molecule has 0 saturated carbocycles. The molecule has 0 spiro atoms. The van der Waals surface area contributed by atoms with Crippen LogP contribution in [0.4, 0.5) is 0 Å². The molecule has 0 bridgehead atoms. The highest BCUT2D eigenvalue weighted by Gasteiger charge is 2.21. The van der Waals surface area contributed by atoms with Gasteiger partial charge in [-0.15, -0.1) is 0 Å². The molecule has 1 saturated heterocycles. The number of hydrogen-bond acceptors (Lipinski definition) is 6. The zero-order valence-corrected chi connectivity index (χ0v) is 14.9. The van der Waals surface area contributed by atoms with Crippen LogP contribution in [0.3, 0.4) is 0 Å². The van der Waals surface area contributed by atoms with Gasteiger partial charge in [-0.25, -0.2) is 4.98 Å². The summed E-state index contributed by atoms with van der Waals surface area (Å²) in [4.78, 5) is 29.8. The molecule has 1 aromatic carbocycles. The molecule has 1 amide bonds. The maximum Gasteiger partial charge on any atom is 0.281 e. The van der Waals surface area contributed by atoms with Crippen molar-refractivity contribution in [1.29, 1.82) is 0 Å². The monoisotopic (exact) mass is 370 g/mol. The summed E-state index contributed by atoms with van der Waals surface area (Å²) in [6, 6.07) is 9.66. The molecule has 7 nitrogen and oxygen atoms in total. The Bertz CT molecular complexity index is 977. The summed E-state index contributed by atoms with van der Waals surface area (Å²) in [5.74, 6) is -0.263. The zero-order chi connectivity index (χ0) is 17.9. The van der Waals surface area contributed by atoms with Gasteiger partial charge in [0.25, 0.3) is 11.5 Å². The van der Waals surface area contributed by atoms with Crippen LogP contribution in [-0.4, -0.2) is 39.1 Å². The average Bonchev–Trinajstić information content (AvgIpc) is 3.33. The molecular formula is C18H18N4O3S. The van der Waals surface area contributed by atoms with Gasteiger partial charge in [0.15, 0.2) is 5.52 Å². The Morgan fingerprint density at radius 2 is 2.15 bits per heavy atom. The Labute approximate surface area is 153 Å². The first kappa shape index (κ1) is 16.9. The van der Waals surface area contributed by atoms with Crippen LogP contribution >= 0.6 is 11.5 Å². The van der Waals surface area contributed by atoms with E-state index in [4.69, 9.17) is 4.74 Å². The number of hydrogen-bond donors (Lipinski definition) is 1. The van der Waals surface area contributed by atoms with E-state index in [-0.39, 0.29) is 23.1 Å². The minimum atomic E-state index is -0.263. The first-order valence-electron chi connectivity index (χ1n) is 8.51. The number of nitrogens with one attached hydrogen (secondary N) is 1. The highest BCUT2D eigenvalue weighted by molar-refractivity contribution is 7.09. The number of amides is 1. The molecule has 0 radical (unpaired) electrons. The van der Waals surface area contributed by atoms with Gasteiger partial charge in [-0.3, -0.25) is 14.2 Å². The van der Waals surface area contributed by atoms with E-state index in [1.165, 1.54) is 10.9 Å². The summed E-state index contributed by atoms with van der Waals surface area (Å²) in [7, 11) is 0. The van der Waals surface area contributed by atoms with Crippen molar-refractivity contribution in [2.75, 3.05) is 13.2 Å². The first-order valence-corrected chi connectivity index (χ1v) is 9.28. The van der Waals surface area contributed by atoms with Crippen LogP contribution in [0, 0.1) is 0 Å². The number of benzene rings is 1. The van der Waals surface area contributed by atoms with E-state index >= 15 is 0 Å². The van der Waals surface area contributed by atoms with Crippen LogP contribution < -0.4 is 10.9 Å². The molecule has 2 aromatic heterocycles. The first-order chi connectivity index (χ1) is 12.7. The Balaban J connectivity index is 1.55. The van der Waals surface area contributed by atoms with Crippen LogP contribution in [-0.2, 0) is 11.3 Å². The normalized spacial score (nSPS) is 16.8. The summed E-state index contributed by atoms with van der Waals surface area (Å²) in [6.45, 7) is 1.62. The number of nitrogens with zero attached hydrogens (tertiary/aromatic N) is 3. The smallest absolute Gasteiger partial charge is 0.281 e. The lowest BCUT2D eigenvalue weighted by Crippen LogP contribution is -2.31. The number of aromatic nitrogens is 3. The third-order valence-electron chi connectivity index (χ3n) is 4.37. The molecule has 0 aliphatic carbocycles. The standard InChI is InChI=1S/C18H18N4O3S/c23-17(19-9-13-7-4-8-25-13)16-14-15(21-26-16)18(24)22(11-20-14)10-12-5-2-1-3-6-12/h1-3,5-6,11,13H,4,7-10H2,(H,19,23). The zero-order valence-electron chi connectivity index (χ0n) is 14.1. The quantitative estimate of drug-likeness (QED) is 0.740. The molecule has 8 heteroatoms. The fraction of sp³-hybridized carbons (Fsp3) is 0.333. The molecule has 1 fully saturated rings. The number of fused-ring (bicyclic) bond motifs is 1. The van der Waals surface area contributed by atoms with Crippen molar-refractivity contribution >= 4 is 28.5 Å². The fourth-order valence-electron chi connectivity index (χ4n) is 3.00. The average molecular weight is 370 g/mol. The molecule has 1 aliphatic heterocycles. The Morgan fingerprint density at radius 3 is 2.92 bits per heavy atom. The molecule has 1 N–H and O–H groups in total. The van der Waals surface area contributed by atoms with Crippen molar-refractivity contribution in [3.63, 3.8) is 0 Å². The SMILES string of the molecule is O=C(NCC1CCCO1)c1snc2c(=O)n(Cc3ccccc3)cnc12. The second-order valence-electron chi connectivity index (χ2n) is 6.22. The van der Waals surface area contributed by atoms with E-state index in [1.54, 1.807) is 0 Å². The topological polar surface area (TPSA) is 86.1 Å². The number of carbonyl (C=O) groups excluding carboxylic acids is 1. The minimum absolute atomic E-state index is 0.0641. The maximum absolute atomic E-state index is 12.7. The Kier molecular flexibility index (Phi) is 4.77. The predicted molar refractivity (Wildman–Crippen MR) is 98.5 cm³/mol. The lowest BCUT2D eigenvalue weighted by atomic mass is 10.2. The minimum Gasteiger partial charge on any atom is -0.376 e. The van der Waals surface area contributed by atoms with E-state index in [1.807, 2.05) is 30.3 Å². The summed E-state index contributed by atoms with van der Waals surface area (Å²) < 4.78 is 11.2. The van der Waals surface area contributed by atoms with Crippen molar-refractivity contribution in [2.24, 2.45) is 0 Å². The molecule has 1 unspecified atom stereocenters. The molecule has 3 heterocycles. The maximum atomic E-state index is 12.7. The highest BCUT2D eigenvalue weighted by atomic mass is 32.1. The van der Waals surface area contributed by atoms with Crippen LogP contribution in [0.1, 0.15) is 28.1 Å². The van der Waals surface area contributed by atoms with Crippen molar-refractivity contribution in [3.05, 3.63) is 57.5 Å². The molecule has 26 heavy (non-hydrogen) atoms. The van der Waals surface area contributed by atoms with E-state index in [9.17, 15) is 9.59 Å². The van der Waals surface area contributed by atoms with Crippen molar-refractivity contribution in [1.82, 2.24) is 19.2 Å². The molecular weight excluding hydrogens is 352 g/mol. The van der Waals surface area contributed by atoms with Crippen LogP contribution in [0.2, 0.25) is 0 Å². The van der Waals surface area contributed by atoms with Crippen molar-refractivity contribution in [3.8, 4) is 0 Å². The van der Waals surface area contributed by atoms with Gasteiger partial charge in [0.05, 0.1) is 19.0 Å². The van der Waals surface area contributed by atoms with E-state index < -0.39 is 0 Å². The molecule has 4 rings (SSSR count). The van der Waals surface area contributed by atoms with Gasteiger partial charge in [-0.1, -0.05) is 30.3 Å². The second-order valence-corrected chi connectivity index (χ2v) is 6.99. The van der Waals surface area contributed by atoms with Crippen LogP contribution in [0.5, 0.6) is 0 Å². The highest BCUT2D eigenvalue weighted by Crippen LogP contribution is 2.18. The van der Waals surface area contributed by atoms with Crippen LogP contribution in [0.25, 0.3) is 11.0 Å². The Hall–Kier alpha value is -2.58. The van der Waals surface area contributed by atoms with Gasteiger partial charge in [-0.2, -0.15) is 4.37 Å². The molecule has 134 valence electrons. The third kappa shape index (κ3) is 3.38. The fourth-order valence-corrected chi connectivity index (χ4v) is 3.73. The summed E-state index contributed by atoms with van der Waals surface area (Å²) in [6.07, 6.45) is 3.51. The second kappa shape index (κ2) is 7.35. The van der Waals surface area contributed by atoms with Gasteiger partial charge in [0.2, 0.25) is 0 Å². The number of carbonyl (C=O) groups is 1. The summed E-state index contributed by atoms with van der Waals surface area (Å²) >= 11 is 1.00. The van der Waals surface area contributed by atoms with E-state index in [0.29, 0.717) is 23.5 Å². The molecule has 3 aromatic rings. The van der Waals surface area contributed by atoms with Gasteiger partial charge < -0.3 is 10.1 Å². The van der Waals surface area contributed by atoms with E-state index in [0.717, 1.165) is 36.5 Å². The largest absolute Gasteiger partial charge is 0.376 e. The van der Waals surface area contributed by atoms with Crippen LogP contribution in [0.15, 0.2) is 41.5 Å². The lowest BCUT2D eigenvalue weighted by molar-refractivity contribution is 0.0862. The number of ether oxygens (including phenoxy) is 1. The van der Waals surface area contributed by atoms with Crippen molar-refractivity contribution in [2.45, 2.75) is 25.5 Å². The van der Waals surface area contributed by atoms with Crippen molar-refractivity contribution < 1.29 is 9.53 Å². The molecule has 1 aliphatic rings. The van der Waals surface area contributed by atoms with E-state index in [2.05, 4.69) is 14.7 Å². The van der Waals surface area contributed by atoms with Gasteiger partial charge in [-0.05, 0) is 29.9 Å². The summed E-state index contributed by atoms with van der Waals surface area (Å²) in [5.41, 5.74) is 1.35. The summed E-state index contributed by atoms with van der Waals surface area (Å²) in [5, 5.41) is 2.85. The molecule has 1 atom stereocenters. The van der Waals surface area contributed by atoms with Gasteiger partial charge in [0.1, 0.15) is 10.4 Å². The predicted octanol–water partition coefficient (Wildman–Crippen LogP) is 1.81. The number of rotatable bonds is 5. The Morgan fingerprint density at radius 1 is 1.31 bits per heavy atom. The third-order valence-corrected chi connectivity index (χ3v) is 5.21. The lowest BCUT2D eigenvalue weighted by Gasteiger charge is -2.09.